The Bertz CT molecular complexity index is 416. The van der Waals surface area contributed by atoms with E-state index in [2.05, 4.69) is 26.1 Å². The number of nitrogens with one attached hydrogen (secondary N) is 1. The van der Waals surface area contributed by atoms with E-state index in [0.29, 0.717) is 17.1 Å². The van der Waals surface area contributed by atoms with Crippen LogP contribution >= 0.6 is 0 Å². The van der Waals surface area contributed by atoms with E-state index in [-0.39, 0.29) is 11.3 Å². The van der Waals surface area contributed by atoms with Gasteiger partial charge >= 0.3 is 0 Å². The molecular weight excluding hydrogens is 214 g/mol. The minimum absolute atomic E-state index is 0.135. The maximum atomic E-state index is 11.7. The lowest BCUT2D eigenvalue weighted by molar-refractivity contribution is -0.117. The van der Waals surface area contributed by atoms with E-state index in [1.165, 1.54) is 0 Å². The molecule has 0 aromatic rings. The topological polar surface area (TPSA) is 46.2 Å². The van der Waals surface area contributed by atoms with Crippen LogP contribution in [0.25, 0.3) is 0 Å². The zero-order valence-electron chi connectivity index (χ0n) is 10.8. The molecule has 1 aliphatic carbocycles. The second-order valence-corrected chi connectivity index (χ2v) is 4.75. The number of aldehydes is 1. The van der Waals surface area contributed by atoms with Gasteiger partial charge in [0.15, 0.2) is 6.29 Å². The van der Waals surface area contributed by atoms with Gasteiger partial charge in [-0.3, -0.25) is 9.59 Å². The molecular formula is C14H19NO2. The summed E-state index contributed by atoms with van der Waals surface area (Å²) >= 11 is 0. The molecule has 0 aromatic carbocycles. The highest BCUT2D eigenvalue weighted by molar-refractivity contribution is 6.02. The Morgan fingerprint density at radius 1 is 1.35 bits per heavy atom. The summed E-state index contributed by atoms with van der Waals surface area (Å²) in [6, 6.07) is 0. The molecule has 3 nitrogen and oxygen atoms in total. The fourth-order valence-electron chi connectivity index (χ4n) is 1.60. The standard InChI is InChI=1S/C14H19NO2/c1-10(2)14(3)7-5-11(9-16)12(6-8-14)13(17)15-4/h5-10H,1-4H3,(H,15,17). The van der Waals surface area contributed by atoms with Gasteiger partial charge in [0.05, 0.1) is 0 Å². The predicted octanol–water partition coefficient (Wildman–Crippen LogP) is 2.02. The normalized spacial score (nSPS) is 23.8. The third kappa shape index (κ3) is 2.73. The van der Waals surface area contributed by atoms with Crippen molar-refractivity contribution in [3.05, 3.63) is 35.5 Å². The number of hydrogen-bond acceptors (Lipinski definition) is 2. The van der Waals surface area contributed by atoms with E-state index in [4.69, 9.17) is 0 Å². The smallest absolute Gasteiger partial charge is 0.251 e. The van der Waals surface area contributed by atoms with Crippen LogP contribution in [0, 0.1) is 11.3 Å². The summed E-state index contributed by atoms with van der Waals surface area (Å²) in [6.45, 7) is 6.31. The largest absolute Gasteiger partial charge is 0.355 e. The molecule has 1 amide bonds. The fourth-order valence-corrected chi connectivity index (χ4v) is 1.60. The molecule has 0 radical (unpaired) electrons. The number of hydrogen-bond donors (Lipinski definition) is 1. The number of rotatable bonds is 3. The first-order valence-electron chi connectivity index (χ1n) is 5.74. The van der Waals surface area contributed by atoms with Gasteiger partial charge in [0, 0.05) is 23.6 Å². The van der Waals surface area contributed by atoms with Gasteiger partial charge < -0.3 is 5.32 Å². The summed E-state index contributed by atoms with van der Waals surface area (Å²) in [7, 11) is 1.56. The lowest BCUT2D eigenvalue weighted by atomic mass is 9.79. The Balaban J connectivity index is 3.22. The maximum Gasteiger partial charge on any atom is 0.251 e. The third-order valence-electron chi connectivity index (χ3n) is 3.38. The summed E-state index contributed by atoms with van der Waals surface area (Å²) < 4.78 is 0. The number of carbonyl (C=O) groups excluding carboxylic acids is 2. The Kier molecular flexibility index (Phi) is 4.05. The summed E-state index contributed by atoms with van der Waals surface area (Å²) in [5.41, 5.74) is 0.706. The number of allylic oxidation sites excluding steroid dienone is 4. The molecule has 3 heteroatoms. The first-order chi connectivity index (χ1) is 7.94. The first kappa shape index (κ1) is 13.4. The lowest BCUT2D eigenvalue weighted by Gasteiger charge is -2.26. The van der Waals surface area contributed by atoms with Crippen LogP contribution in [0.1, 0.15) is 20.8 Å². The van der Waals surface area contributed by atoms with Crippen LogP contribution in [-0.2, 0) is 9.59 Å². The number of likely N-dealkylation sites (N-methyl/N-ethyl adjacent to an activating group) is 1. The van der Waals surface area contributed by atoms with E-state index in [1.807, 2.05) is 12.2 Å². The van der Waals surface area contributed by atoms with Crippen molar-refractivity contribution in [3.63, 3.8) is 0 Å². The summed E-state index contributed by atoms with van der Waals surface area (Å²) in [4.78, 5) is 22.7. The molecule has 0 saturated heterocycles. The molecule has 1 atom stereocenters. The molecule has 17 heavy (non-hydrogen) atoms. The molecule has 0 aromatic heterocycles. The van der Waals surface area contributed by atoms with Gasteiger partial charge in [-0.25, -0.2) is 0 Å². The van der Waals surface area contributed by atoms with E-state index < -0.39 is 0 Å². The average Bonchev–Trinajstić information content (AvgIpc) is 2.48. The van der Waals surface area contributed by atoms with Crippen LogP contribution < -0.4 is 5.32 Å². The van der Waals surface area contributed by atoms with Crippen molar-refractivity contribution in [1.29, 1.82) is 0 Å². The van der Waals surface area contributed by atoms with Crippen molar-refractivity contribution in [2.75, 3.05) is 7.05 Å². The Morgan fingerprint density at radius 3 is 2.41 bits per heavy atom. The van der Waals surface area contributed by atoms with Crippen molar-refractivity contribution >= 4 is 12.2 Å². The van der Waals surface area contributed by atoms with E-state index in [9.17, 15) is 9.59 Å². The zero-order valence-corrected chi connectivity index (χ0v) is 10.8. The van der Waals surface area contributed by atoms with Gasteiger partial charge in [-0.2, -0.15) is 0 Å². The van der Waals surface area contributed by atoms with Gasteiger partial charge in [-0.15, -0.1) is 0 Å². The molecule has 0 heterocycles. The van der Waals surface area contributed by atoms with Gasteiger partial charge in [-0.05, 0) is 5.92 Å². The molecule has 1 aliphatic rings. The molecule has 0 spiro atoms. The predicted molar refractivity (Wildman–Crippen MR) is 68.4 cm³/mol. The van der Waals surface area contributed by atoms with Crippen LogP contribution in [0.3, 0.4) is 0 Å². The van der Waals surface area contributed by atoms with Crippen LogP contribution in [0.5, 0.6) is 0 Å². The second-order valence-electron chi connectivity index (χ2n) is 4.75. The lowest BCUT2D eigenvalue weighted by Crippen LogP contribution is -2.20. The van der Waals surface area contributed by atoms with Crippen molar-refractivity contribution in [3.8, 4) is 0 Å². The molecule has 0 fully saturated rings. The minimum Gasteiger partial charge on any atom is -0.355 e. The molecule has 0 aliphatic heterocycles. The van der Waals surface area contributed by atoms with E-state index in [1.54, 1.807) is 19.2 Å². The minimum atomic E-state index is -0.235. The molecule has 0 saturated carbocycles. The highest BCUT2D eigenvalue weighted by Crippen LogP contribution is 2.33. The first-order valence-corrected chi connectivity index (χ1v) is 5.74. The van der Waals surface area contributed by atoms with Gasteiger partial charge in [0.25, 0.3) is 5.91 Å². The highest BCUT2D eigenvalue weighted by Gasteiger charge is 2.25. The van der Waals surface area contributed by atoms with E-state index in [0.717, 1.165) is 6.29 Å². The molecule has 1 N–H and O–H groups in total. The van der Waals surface area contributed by atoms with E-state index >= 15 is 0 Å². The van der Waals surface area contributed by atoms with Gasteiger partial charge in [0.1, 0.15) is 0 Å². The summed E-state index contributed by atoms with van der Waals surface area (Å²) in [5.74, 6) is 0.160. The van der Waals surface area contributed by atoms with Crippen molar-refractivity contribution in [1.82, 2.24) is 5.32 Å². The summed E-state index contributed by atoms with van der Waals surface area (Å²) in [6.07, 6.45) is 8.15. The molecule has 1 rings (SSSR count). The van der Waals surface area contributed by atoms with Crippen molar-refractivity contribution < 1.29 is 9.59 Å². The molecule has 92 valence electrons. The van der Waals surface area contributed by atoms with Crippen molar-refractivity contribution in [2.45, 2.75) is 20.8 Å². The Hall–Kier alpha value is -1.64. The van der Waals surface area contributed by atoms with Crippen LogP contribution in [0.4, 0.5) is 0 Å². The van der Waals surface area contributed by atoms with Crippen LogP contribution in [0.15, 0.2) is 35.5 Å². The second kappa shape index (κ2) is 5.13. The monoisotopic (exact) mass is 233 g/mol. The maximum absolute atomic E-state index is 11.7. The van der Waals surface area contributed by atoms with Gasteiger partial charge in [0.2, 0.25) is 0 Å². The third-order valence-corrected chi connectivity index (χ3v) is 3.38. The zero-order chi connectivity index (χ0) is 13.1. The highest BCUT2D eigenvalue weighted by atomic mass is 16.1. The SMILES string of the molecule is CNC(=O)C1=C(C=O)C=CC(C)(C(C)C)C=C1. The molecule has 0 bridgehead atoms. The number of carbonyl (C=O) groups is 2. The van der Waals surface area contributed by atoms with Crippen LogP contribution in [-0.4, -0.2) is 19.2 Å². The average molecular weight is 233 g/mol. The summed E-state index contributed by atoms with van der Waals surface area (Å²) in [5, 5.41) is 2.54. The van der Waals surface area contributed by atoms with Gasteiger partial charge in [-0.1, -0.05) is 45.1 Å². The Labute approximate surface area is 102 Å². The van der Waals surface area contributed by atoms with Crippen LogP contribution in [0.2, 0.25) is 0 Å². The quantitative estimate of drug-likeness (QED) is 0.758. The van der Waals surface area contributed by atoms with Crippen molar-refractivity contribution in [2.24, 2.45) is 11.3 Å². The Morgan fingerprint density at radius 2 is 1.94 bits per heavy atom. The number of amides is 1. The fraction of sp³-hybridized carbons (Fsp3) is 0.429. The molecule has 1 unspecified atom stereocenters.